The van der Waals surface area contributed by atoms with Gasteiger partial charge in [0.2, 0.25) is 11.9 Å². The second-order valence-corrected chi connectivity index (χ2v) is 36.4. The summed E-state index contributed by atoms with van der Waals surface area (Å²) in [4.78, 5) is 27.7. The van der Waals surface area contributed by atoms with Crippen LogP contribution in [0.2, 0.25) is 0 Å². The number of hydrogen-bond donors (Lipinski definition) is 0. The van der Waals surface area contributed by atoms with Crippen molar-refractivity contribution in [1.29, 1.82) is 0 Å². The molecule has 124 heavy (non-hydrogen) atoms. The van der Waals surface area contributed by atoms with Gasteiger partial charge in [-0.2, -0.15) is 0 Å². The molecule has 0 saturated heterocycles. The van der Waals surface area contributed by atoms with Crippen molar-refractivity contribution in [3.8, 4) is 73.0 Å². The molecule has 0 aliphatic heterocycles. The van der Waals surface area contributed by atoms with Gasteiger partial charge in [-0.3, -0.25) is 22.8 Å². The molecule has 592 valence electrons. The Morgan fingerprint density at radius 2 is 0.597 bits per heavy atom. The third kappa shape index (κ3) is 10.7. The molecule has 0 N–H and O–H groups in total. The van der Waals surface area contributed by atoms with Crippen LogP contribution >= 0.6 is 11.3 Å². The van der Waals surface area contributed by atoms with E-state index < -0.39 is 0 Å². The highest BCUT2D eigenvalue weighted by atomic mass is 32.1. The van der Waals surface area contributed by atoms with Crippen LogP contribution < -0.4 is 0 Å². The van der Waals surface area contributed by atoms with Crippen LogP contribution in [-0.4, -0.2) is 52.7 Å². The fourth-order valence-corrected chi connectivity index (χ4v) is 22.3. The Hall–Kier alpha value is -15.0. The molecule has 12 heteroatoms. The minimum absolute atomic E-state index is 0.00842. The Kier molecular flexibility index (Phi) is 16.0. The number of hydrogen-bond acceptors (Lipinski definition) is 7. The molecule has 8 heterocycles. The maximum atomic E-state index is 5.23. The lowest BCUT2D eigenvalue weighted by Gasteiger charge is -2.21. The Bertz CT molecular complexity index is 8130. The van der Waals surface area contributed by atoms with Gasteiger partial charge in [0.25, 0.3) is 0 Å². The monoisotopic (exact) mass is 1610 g/mol. The van der Waals surface area contributed by atoms with Crippen molar-refractivity contribution in [1.82, 2.24) is 52.7 Å². The number of nitrogens with zero attached hydrogens (tertiary/aromatic N) is 11. The maximum absolute atomic E-state index is 5.23. The van der Waals surface area contributed by atoms with Gasteiger partial charge >= 0.3 is 0 Å². The molecule has 0 amide bonds. The number of aromatic nitrogens is 11. The smallest absolute Gasteiger partial charge is 0.237 e. The summed E-state index contributed by atoms with van der Waals surface area (Å²) in [6, 6.07) is 122. The van der Waals surface area contributed by atoms with Crippen molar-refractivity contribution in [2.45, 2.75) is 77.0 Å². The minimum atomic E-state index is -0.0685. The fourth-order valence-electron chi connectivity index (χ4n) is 21.3. The predicted molar refractivity (Wildman–Crippen MR) is 512 cm³/mol. The zero-order chi connectivity index (χ0) is 83.2. The molecule has 4 aliphatic carbocycles. The van der Waals surface area contributed by atoms with Crippen LogP contribution in [0.1, 0.15) is 99.9 Å². The third-order valence-corrected chi connectivity index (χ3v) is 28.3. The highest BCUT2D eigenvalue weighted by molar-refractivity contribution is 7.20. The molecule has 8 aromatic heterocycles. The number of fused-ring (bicyclic) bond motifs is 26. The molecule has 27 rings (SSSR count). The number of pyridine rings is 1. The van der Waals surface area contributed by atoms with Crippen molar-refractivity contribution in [2.24, 2.45) is 0 Å². The maximum Gasteiger partial charge on any atom is 0.237 e. The highest BCUT2D eigenvalue weighted by Gasteiger charge is 2.41. The summed E-state index contributed by atoms with van der Waals surface area (Å²) in [5, 5.41) is 11.1. The molecule has 0 fully saturated rings. The summed E-state index contributed by atoms with van der Waals surface area (Å²) in [5.74, 6) is 2.52. The van der Waals surface area contributed by atoms with Gasteiger partial charge in [0.15, 0.2) is 5.13 Å². The first-order chi connectivity index (χ1) is 60.6. The van der Waals surface area contributed by atoms with E-state index in [9.17, 15) is 0 Å². The van der Waals surface area contributed by atoms with Crippen LogP contribution in [0, 0.1) is 0 Å². The normalized spacial score (nSPS) is 14.2. The van der Waals surface area contributed by atoms with Crippen LogP contribution in [0.3, 0.4) is 0 Å². The molecule has 0 spiro atoms. The average molecular weight is 1620 g/mol. The fraction of sp³-hybridized carbons (Fsp3) is 0.107. The first-order valence-corrected chi connectivity index (χ1v) is 43.5. The number of benzene rings is 15. The topological polar surface area (TPSA) is 102 Å². The lowest BCUT2D eigenvalue weighted by Crippen LogP contribution is -2.15. The Balaban J connectivity index is 0.0000000936. The summed E-state index contributed by atoms with van der Waals surface area (Å²) in [6.45, 7) is 18.6. The zero-order valence-corrected chi connectivity index (χ0v) is 70.7. The molecular formula is C112H83N11S. The van der Waals surface area contributed by atoms with Crippen LogP contribution in [-0.2, 0) is 21.7 Å². The largest absolute Gasteiger partial charge is 0.294 e. The van der Waals surface area contributed by atoms with Gasteiger partial charge < -0.3 is 0 Å². The summed E-state index contributed by atoms with van der Waals surface area (Å²) in [7, 11) is 0. The third-order valence-electron chi connectivity index (χ3n) is 27.3. The second kappa shape index (κ2) is 27.3. The molecule has 15 aromatic carbocycles. The summed E-state index contributed by atoms with van der Waals surface area (Å²) >= 11 is 1.76. The Labute approximate surface area is 720 Å². The molecular weight excluding hydrogens is 1530 g/mol. The number of imidazole rings is 1. The minimum Gasteiger partial charge on any atom is -0.294 e. The van der Waals surface area contributed by atoms with Gasteiger partial charge in [-0.05, 0) is 210 Å². The second-order valence-electron chi connectivity index (χ2n) is 35.4. The van der Waals surface area contributed by atoms with Gasteiger partial charge in [0.05, 0.1) is 65.4 Å². The first-order valence-electron chi connectivity index (χ1n) is 42.7. The molecule has 0 atom stereocenters. The standard InChI is InChI=1S/C34H25N3.C28H20N2S.C26H20N2.C24H18N4/c1-34(2)27-16-8-6-14-23(27)25-20-26-24-15-7-10-18-30(24)37(32(26)21-28(25)34)33-35-29-17-9-11-19-31(29)36(33)22-12-4-3-5-13-22;1-28(2)21-11-5-3-9-17(21)19-15-20-18-10-4-7-13-24(18)30(25(20)16-22(19)28)27-29-23-12-6-8-14-26(23)31-27;1-26(2)21-11-5-3-9-17(21)19-15-20-18-10-4-6-12-23(18)28(24(20)16-22(19)26)25-13-7-8-14-27-25;1-24(2)19-9-5-3-7-15(19)17-11-18-16-8-4-6-10-21(16)28(22(18)12-20(17)24)23-26-13-25-14-27-23/h3-21H,1-2H3;3-16H,1-2H3;3-16H,1-2H3;3-14H,1-2H3. The molecule has 0 saturated carbocycles. The Morgan fingerprint density at radius 3 is 1.05 bits per heavy atom. The summed E-state index contributed by atoms with van der Waals surface area (Å²) in [6.07, 6.45) is 4.97. The van der Waals surface area contributed by atoms with Crippen LogP contribution in [0.25, 0.3) is 182 Å². The van der Waals surface area contributed by atoms with Crippen molar-refractivity contribution in [2.75, 3.05) is 0 Å². The quantitative estimate of drug-likeness (QED) is 0.170. The van der Waals surface area contributed by atoms with E-state index in [1.165, 1.54) is 170 Å². The van der Waals surface area contributed by atoms with E-state index >= 15 is 0 Å². The zero-order valence-electron chi connectivity index (χ0n) is 69.9. The molecule has 0 unspecified atom stereocenters. The SMILES string of the molecule is CC1(C)c2ccccc2-c2cc3c4ccccc4n(-c4ccccn4)c3cc21.CC1(C)c2ccccc2-c2cc3c4ccccc4n(-c4nc5ccccc5n4-c4ccccc4)c3cc21.CC1(C)c2ccccc2-c2cc3c4ccccc4n(-c4nc5ccccc5s4)c3cc21.CC1(C)c2ccccc2-c2cc3c4ccccc4n(-c4ncncn4)c3cc21. The van der Waals surface area contributed by atoms with E-state index in [0.29, 0.717) is 5.95 Å². The van der Waals surface area contributed by atoms with Gasteiger partial charge in [0.1, 0.15) is 18.5 Å². The molecule has 0 radical (unpaired) electrons. The number of thiazole rings is 1. The van der Waals surface area contributed by atoms with Crippen molar-refractivity contribution < 1.29 is 0 Å². The van der Waals surface area contributed by atoms with Crippen molar-refractivity contribution >= 4 is 120 Å². The molecule has 4 aliphatic rings. The van der Waals surface area contributed by atoms with Crippen LogP contribution in [0.5, 0.6) is 0 Å². The van der Waals surface area contributed by atoms with E-state index in [-0.39, 0.29) is 21.7 Å². The lowest BCUT2D eigenvalue weighted by atomic mass is 9.82. The van der Waals surface area contributed by atoms with E-state index in [1.807, 2.05) is 12.3 Å². The first kappa shape index (κ1) is 73.0. The van der Waals surface area contributed by atoms with Crippen molar-refractivity contribution in [3.05, 3.63) is 403 Å². The van der Waals surface area contributed by atoms with Gasteiger partial charge in [0, 0.05) is 76.6 Å². The number of para-hydroxylation sites is 8. The predicted octanol–water partition coefficient (Wildman–Crippen LogP) is 27.9. The van der Waals surface area contributed by atoms with Gasteiger partial charge in [-0.1, -0.05) is 285 Å². The van der Waals surface area contributed by atoms with Crippen molar-refractivity contribution in [3.63, 3.8) is 0 Å². The lowest BCUT2D eigenvalue weighted by molar-refractivity contribution is 0.660. The number of rotatable bonds is 5. The molecule has 0 bridgehead atoms. The summed E-state index contributed by atoms with van der Waals surface area (Å²) in [5.41, 5.74) is 35.5. The van der Waals surface area contributed by atoms with E-state index in [0.717, 1.165) is 50.2 Å². The van der Waals surface area contributed by atoms with Gasteiger partial charge in [-0.15, -0.1) is 0 Å². The van der Waals surface area contributed by atoms with Crippen LogP contribution in [0.15, 0.2) is 359 Å². The van der Waals surface area contributed by atoms with Crippen LogP contribution in [0.4, 0.5) is 0 Å². The van der Waals surface area contributed by atoms with Gasteiger partial charge in [-0.25, -0.2) is 29.9 Å². The summed E-state index contributed by atoms with van der Waals surface area (Å²) < 4.78 is 12.7. The highest BCUT2D eigenvalue weighted by Crippen LogP contribution is 2.56. The average Bonchev–Trinajstić information content (AvgIpc) is 1.57. The molecule has 11 nitrogen and oxygen atoms in total. The van der Waals surface area contributed by atoms with E-state index in [2.05, 4.69) is 432 Å². The Morgan fingerprint density at radius 1 is 0.242 bits per heavy atom. The molecule has 23 aromatic rings. The van der Waals surface area contributed by atoms with E-state index in [4.69, 9.17) is 9.97 Å². The van der Waals surface area contributed by atoms with E-state index in [1.54, 1.807) is 24.0 Å².